The average molecular weight is 595 g/mol. The number of benzene rings is 2. The van der Waals surface area contributed by atoms with Crippen LogP contribution in [-0.4, -0.2) is 40.1 Å². The molecule has 1 aliphatic carbocycles. The maximum Gasteiger partial charge on any atom is 0.416 e. The van der Waals surface area contributed by atoms with Crippen LogP contribution in [0.5, 0.6) is 0 Å². The number of aryl methyl sites for hydroxylation is 1. The lowest BCUT2D eigenvalue weighted by Gasteiger charge is -2.15. The summed E-state index contributed by atoms with van der Waals surface area (Å²) in [4.78, 5) is 24.1. The van der Waals surface area contributed by atoms with Crippen LogP contribution in [0, 0.1) is 5.41 Å². The largest absolute Gasteiger partial charge is 0.416 e. The van der Waals surface area contributed by atoms with Crippen molar-refractivity contribution in [1.82, 2.24) is 19.9 Å². The Morgan fingerprint density at radius 1 is 1.16 bits per heavy atom. The van der Waals surface area contributed by atoms with Gasteiger partial charge in [-0.2, -0.15) is 18.2 Å². The smallest absolute Gasteiger partial charge is 0.370 e. The van der Waals surface area contributed by atoms with Gasteiger partial charge in [0.15, 0.2) is 5.96 Å². The fourth-order valence-corrected chi connectivity index (χ4v) is 5.28. The molecule has 228 valence electrons. The number of aromatic nitrogens is 3. The van der Waals surface area contributed by atoms with E-state index in [1.165, 1.54) is 10.6 Å². The van der Waals surface area contributed by atoms with Gasteiger partial charge in [0, 0.05) is 29.9 Å². The van der Waals surface area contributed by atoms with E-state index in [1.807, 2.05) is 31.2 Å². The maximum absolute atomic E-state index is 13.8. The van der Waals surface area contributed by atoms with Crippen LogP contribution in [0.1, 0.15) is 55.3 Å². The number of hydrogen-bond donors (Lipinski definition) is 5. The third kappa shape index (κ3) is 7.26. The summed E-state index contributed by atoms with van der Waals surface area (Å²) < 4.78 is 42.8. The Hall–Kier alpha value is -4.16. The van der Waals surface area contributed by atoms with E-state index in [4.69, 9.17) is 17.2 Å². The van der Waals surface area contributed by atoms with E-state index < -0.39 is 17.4 Å². The van der Waals surface area contributed by atoms with Crippen LogP contribution < -0.4 is 28.2 Å². The first-order valence-electron chi connectivity index (χ1n) is 14.4. The fraction of sp³-hybridized carbons (Fsp3) is 0.387. The first-order chi connectivity index (χ1) is 20.5. The quantitative estimate of drug-likeness (QED) is 0.0932. The van der Waals surface area contributed by atoms with Gasteiger partial charge in [-0.3, -0.25) is 9.56 Å². The second kappa shape index (κ2) is 12.2. The molecule has 8 N–H and O–H groups in total. The first kappa shape index (κ1) is 30.3. The van der Waals surface area contributed by atoms with Gasteiger partial charge in [-0.1, -0.05) is 12.1 Å². The van der Waals surface area contributed by atoms with Crippen molar-refractivity contribution in [2.24, 2.45) is 27.6 Å². The van der Waals surface area contributed by atoms with Crippen molar-refractivity contribution < 1.29 is 13.2 Å². The highest BCUT2D eigenvalue weighted by molar-refractivity contribution is 5.83. The number of H-pyrrole nitrogens is 1. The van der Waals surface area contributed by atoms with E-state index in [2.05, 4.69) is 20.3 Å². The molecule has 43 heavy (non-hydrogen) atoms. The summed E-state index contributed by atoms with van der Waals surface area (Å²) in [5, 5.41) is 4.02. The van der Waals surface area contributed by atoms with E-state index in [1.54, 1.807) is 18.3 Å². The van der Waals surface area contributed by atoms with Gasteiger partial charge in [-0.05, 0) is 111 Å². The second-order valence-electron chi connectivity index (χ2n) is 11.4. The van der Waals surface area contributed by atoms with Crippen LogP contribution in [0.2, 0.25) is 0 Å². The van der Waals surface area contributed by atoms with Crippen LogP contribution in [0.25, 0.3) is 28.0 Å². The fourth-order valence-electron chi connectivity index (χ4n) is 5.28. The van der Waals surface area contributed by atoms with E-state index in [0.29, 0.717) is 53.1 Å². The predicted molar refractivity (Wildman–Crippen MR) is 163 cm³/mol. The summed E-state index contributed by atoms with van der Waals surface area (Å²) in [7, 11) is 0. The number of nitrogens with zero attached hydrogens (tertiary/aromatic N) is 3. The topological polar surface area (TPSA) is 153 Å². The highest BCUT2D eigenvalue weighted by Crippen LogP contribution is 2.48. The van der Waals surface area contributed by atoms with Crippen molar-refractivity contribution in [3.05, 3.63) is 81.9 Å². The van der Waals surface area contributed by atoms with E-state index in [9.17, 15) is 18.0 Å². The zero-order chi connectivity index (χ0) is 30.8. The van der Waals surface area contributed by atoms with Gasteiger partial charge in [-0.25, -0.2) is 4.79 Å². The molecule has 0 aliphatic heterocycles. The minimum atomic E-state index is -4.49. The minimum absolute atomic E-state index is 0.0553. The Kier molecular flexibility index (Phi) is 8.61. The van der Waals surface area contributed by atoms with Crippen molar-refractivity contribution in [2.75, 3.05) is 19.6 Å². The van der Waals surface area contributed by atoms with Crippen LogP contribution in [0.3, 0.4) is 0 Å². The summed E-state index contributed by atoms with van der Waals surface area (Å²) in [6, 6.07) is 13.4. The first-order valence-corrected chi connectivity index (χ1v) is 14.4. The molecule has 2 heterocycles. The Bertz CT molecular complexity index is 1670. The average Bonchev–Trinajstić information content (AvgIpc) is 3.65. The summed E-state index contributed by atoms with van der Waals surface area (Å²) in [6.07, 6.45) is 1.25. The van der Waals surface area contributed by atoms with Crippen molar-refractivity contribution >= 4 is 17.0 Å². The molecule has 1 aliphatic rings. The Morgan fingerprint density at radius 3 is 2.56 bits per heavy atom. The predicted octanol–water partition coefficient (Wildman–Crippen LogP) is 4.39. The summed E-state index contributed by atoms with van der Waals surface area (Å²) in [6.45, 7) is 3.87. The molecular formula is C31H37F3N8O. The number of halogens is 3. The highest BCUT2D eigenvalue weighted by Gasteiger charge is 2.40. The number of fused-ring (bicyclic) bond motifs is 1. The van der Waals surface area contributed by atoms with E-state index in [-0.39, 0.29) is 17.4 Å². The van der Waals surface area contributed by atoms with Crippen LogP contribution in [0.4, 0.5) is 13.2 Å². The molecule has 4 aromatic rings. The van der Waals surface area contributed by atoms with Gasteiger partial charge in [0.2, 0.25) is 0 Å². The normalized spacial score (nSPS) is 15.0. The molecule has 5 rings (SSSR count). The van der Waals surface area contributed by atoms with Gasteiger partial charge in [0.05, 0.1) is 11.3 Å². The highest BCUT2D eigenvalue weighted by atomic mass is 19.4. The molecule has 1 saturated carbocycles. The molecule has 2 aromatic carbocycles. The molecule has 0 saturated heterocycles. The number of nitrogens with one attached hydrogen (secondary N) is 2. The van der Waals surface area contributed by atoms with Crippen LogP contribution in [-0.2, 0) is 12.6 Å². The van der Waals surface area contributed by atoms with Gasteiger partial charge in [0.1, 0.15) is 5.65 Å². The molecule has 1 atom stereocenters. The minimum Gasteiger partial charge on any atom is -0.370 e. The number of rotatable bonds is 12. The molecule has 2 aromatic heterocycles. The zero-order valence-corrected chi connectivity index (χ0v) is 24.0. The summed E-state index contributed by atoms with van der Waals surface area (Å²) in [5.41, 5.74) is 18.9. The van der Waals surface area contributed by atoms with Crippen molar-refractivity contribution in [3.8, 4) is 16.9 Å². The molecule has 0 bridgehead atoms. The molecule has 0 unspecified atom stereocenters. The Labute approximate surface area is 247 Å². The van der Waals surface area contributed by atoms with Crippen molar-refractivity contribution in [2.45, 2.75) is 51.2 Å². The lowest BCUT2D eigenvalue weighted by molar-refractivity contribution is -0.137. The monoisotopic (exact) mass is 594 g/mol. The van der Waals surface area contributed by atoms with E-state index in [0.717, 1.165) is 43.9 Å². The van der Waals surface area contributed by atoms with Crippen molar-refractivity contribution in [1.29, 1.82) is 0 Å². The SMILES string of the molecule is C[C@H](NCCCN=C(N)N)c1ccc(-n2cc3cc(-c4cc(CCC5(CN)CC5)cc(C(F)(F)F)c4)[nH]c3nc2=O)cc1. The van der Waals surface area contributed by atoms with Crippen molar-refractivity contribution in [3.63, 3.8) is 0 Å². The number of guanidine groups is 1. The molecule has 9 nitrogen and oxygen atoms in total. The molecule has 12 heteroatoms. The molecule has 1 fully saturated rings. The molecule has 0 amide bonds. The zero-order valence-electron chi connectivity index (χ0n) is 24.0. The lowest BCUT2D eigenvalue weighted by Crippen LogP contribution is -2.24. The number of hydrogen-bond acceptors (Lipinski definition) is 5. The summed E-state index contributed by atoms with van der Waals surface area (Å²) >= 11 is 0. The van der Waals surface area contributed by atoms with Gasteiger partial charge in [0.25, 0.3) is 0 Å². The lowest BCUT2D eigenvalue weighted by atomic mass is 9.94. The number of alkyl halides is 3. The van der Waals surface area contributed by atoms with Crippen LogP contribution >= 0.6 is 0 Å². The Balaban J connectivity index is 1.36. The van der Waals surface area contributed by atoms with Gasteiger partial charge >= 0.3 is 11.9 Å². The number of aromatic amines is 1. The van der Waals surface area contributed by atoms with Crippen LogP contribution in [0.15, 0.2) is 64.5 Å². The van der Waals surface area contributed by atoms with E-state index >= 15 is 0 Å². The number of nitrogens with two attached hydrogens (primary N) is 3. The number of aliphatic imine (C=N–C) groups is 1. The molecule has 0 radical (unpaired) electrons. The maximum atomic E-state index is 13.8. The summed E-state index contributed by atoms with van der Waals surface area (Å²) in [5.74, 6) is 0.0764. The van der Waals surface area contributed by atoms with Gasteiger partial charge in [-0.15, -0.1) is 0 Å². The van der Waals surface area contributed by atoms with Gasteiger partial charge < -0.3 is 27.5 Å². The molecule has 0 spiro atoms. The standard InChI is InChI=1S/C31H37F3N8O/c1-19(38-11-2-12-39-28(36)37)21-3-5-25(6-4-21)42-17-23-16-26(40-27(23)41-29(42)43)22-13-20(7-8-30(18-35)9-10-30)14-24(15-22)31(32,33)34/h3-6,13-17,19,38H,2,7-12,18,35H2,1H3,(H4,36,37,39)(H,40,41,43)/t19-/m0/s1. The third-order valence-electron chi connectivity index (χ3n) is 8.22. The molecular weight excluding hydrogens is 557 g/mol. The Morgan fingerprint density at radius 2 is 1.91 bits per heavy atom. The third-order valence-corrected chi connectivity index (χ3v) is 8.22. The second-order valence-corrected chi connectivity index (χ2v) is 11.4.